The summed E-state index contributed by atoms with van der Waals surface area (Å²) in [4.78, 5) is 11.6. The number of hydrogen-bond acceptors (Lipinski definition) is 2. The highest BCUT2D eigenvalue weighted by atomic mass is 35.5. The number of nitrogens with two attached hydrogens (primary N) is 1. The first kappa shape index (κ1) is 18.3. The van der Waals surface area contributed by atoms with E-state index in [9.17, 15) is 4.79 Å². The van der Waals surface area contributed by atoms with Crippen molar-refractivity contribution in [2.75, 3.05) is 11.1 Å². The molecule has 0 spiro atoms. The first-order valence-electron chi connectivity index (χ1n) is 6.76. The lowest BCUT2D eigenvalue weighted by Crippen LogP contribution is -2.27. The Morgan fingerprint density at radius 3 is 1.68 bits per heavy atom. The number of carbonyl (C=O) groups excluding carboxylic acids is 1. The van der Waals surface area contributed by atoms with Crippen molar-refractivity contribution in [3.8, 4) is 0 Å². The third-order valence-electron chi connectivity index (χ3n) is 2.65. The number of halogens is 2. The Balaban J connectivity index is 0.000000255. The van der Waals surface area contributed by atoms with Crippen LogP contribution in [0.4, 0.5) is 11.4 Å². The van der Waals surface area contributed by atoms with Crippen molar-refractivity contribution >= 4 is 40.5 Å². The van der Waals surface area contributed by atoms with E-state index in [4.69, 9.17) is 28.9 Å². The van der Waals surface area contributed by atoms with Crippen LogP contribution in [0.25, 0.3) is 0 Å². The predicted octanol–water partition coefficient (Wildman–Crippen LogP) is 5.25. The lowest BCUT2D eigenvalue weighted by molar-refractivity contribution is -0.123. The van der Waals surface area contributed by atoms with Crippen molar-refractivity contribution < 1.29 is 4.79 Å². The molecule has 0 unspecified atom stereocenters. The van der Waals surface area contributed by atoms with E-state index in [0.29, 0.717) is 5.02 Å². The summed E-state index contributed by atoms with van der Waals surface area (Å²) in [7, 11) is 0. The molecule has 2 aromatic rings. The van der Waals surface area contributed by atoms with Gasteiger partial charge in [0.15, 0.2) is 0 Å². The molecule has 0 radical (unpaired) electrons. The largest absolute Gasteiger partial charge is 0.399 e. The van der Waals surface area contributed by atoms with Crippen molar-refractivity contribution in [3.63, 3.8) is 0 Å². The Labute approximate surface area is 141 Å². The van der Waals surface area contributed by atoms with Gasteiger partial charge in [0, 0.05) is 26.8 Å². The molecule has 0 saturated carbocycles. The average molecular weight is 339 g/mol. The molecule has 0 aromatic heterocycles. The monoisotopic (exact) mass is 338 g/mol. The maximum Gasteiger partial charge on any atom is 0.229 e. The van der Waals surface area contributed by atoms with Crippen molar-refractivity contribution in [2.24, 2.45) is 5.41 Å². The van der Waals surface area contributed by atoms with Crippen LogP contribution < -0.4 is 11.1 Å². The Morgan fingerprint density at radius 1 is 0.909 bits per heavy atom. The standard InChI is InChI=1S/C11H14ClNO.C6H6ClN/c1-11(2,3)10(14)13-9-6-4-8(12)5-7-9;7-5-1-3-6(8)4-2-5/h4-7H,1-3H3,(H,13,14);1-4H,8H2. The molecule has 22 heavy (non-hydrogen) atoms. The summed E-state index contributed by atoms with van der Waals surface area (Å²) in [6, 6.07) is 14.1. The molecule has 3 N–H and O–H groups in total. The second kappa shape index (κ2) is 8.06. The highest BCUT2D eigenvalue weighted by Crippen LogP contribution is 2.18. The summed E-state index contributed by atoms with van der Waals surface area (Å²) >= 11 is 11.3. The molecule has 0 aliphatic rings. The number of carbonyl (C=O) groups is 1. The lowest BCUT2D eigenvalue weighted by atomic mass is 9.95. The van der Waals surface area contributed by atoms with E-state index in [0.717, 1.165) is 16.4 Å². The molecule has 1 amide bonds. The zero-order valence-electron chi connectivity index (χ0n) is 12.9. The minimum absolute atomic E-state index is 0.000164. The minimum Gasteiger partial charge on any atom is -0.399 e. The number of amides is 1. The van der Waals surface area contributed by atoms with E-state index in [1.54, 1.807) is 48.5 Å². The summed E-state index contributed by atoms with van der Waals surface area (Å²) < 4.78 is 0. The van der Waals surface area contributed by atoms with Gasteiger partial charge in [-0.15, -0.1) is 0 Å². The fourth-order valence-corrected chi connectivity index (χ4v) is 1.57. The highest BCUT2D eigenvalue weighted by Gasteiger charge is 2.20. The molecule has 0 heterocycles. The third-order valence-corrected chi connectivity index (χ3v) is 3.16. The third kappa shape index (κ3) is 6.83. The molecule has 118 valence electrons. The summed E-state index contributed by atoms with van der Waals surface area (Å²) in [5, 5.41) is 4.20. The van der Waals surface area contributed by atoms with E-state index >= 15 is 0 Å². The van der Waals surface area contributed by atoms with Gasteiger partial charge in [-0.2, -0.15) is 0 Å². The van der Waals surface area contributed by atoms with Crippen LogP contribution in [0, 0.1) is 5.41 Å². The fourth-order valence-electron chi connectivity index (χ4n) is 1.31. The van der Waals surface area contributed by atoms with Crippen LogP contribution in [0.1, 0.15) is 20.8 Å². The summed E-state index contributed by atoms with van der Waals surface area (Å²) in [6.45, 7) is 5.62. The summed E-state index contributed by atoms with van der Waals surface area (Å²) in [5.41, 5.74) is 6.51. The molecular weight excluding hydrogens is 319 g/mol. The predicted molar refractivity (Wildman–Crippen MR) is 95.4 cm³/mol. The molecule has 0 bridgehead atoms. The van der Waals surface area contributed by atoms with Crippen LogP contribution in [-0.2, 0) is 4.79 Å². The quantitative estimate of drug-likeness (QED) is 0.698. The molecule has 0 atom stereocenters. The molecule has 0 aliphatic carbocycles. The number of hydrogen-bond donors (Lipinski definition) is 2. The highest BCUT2D eigenvalue weighted by molar-refractivity contribution is 6.30. The molecule has 0 aliphatic heterocycles. The second-order valence-corrected chi connectivity index (χ2v) is 6.64. The Kier molecular flexibility index (Phi) is 6.72. The van der Waals surface area contributed by atoms with Gasteiger partial charge in [0.25, 0.3) is 0 Å². The van der Waals surface area contributed by atoms with Crippen molar-refractivity contribution in [1.82, 2.24) is 0 Å². The van der Waals surface area contributed by atoms with Crippen LogP contribution in [0.3, 0.4) is 0 Å². The van der Waals surface area contributed by atoms with Crippen LogP contribution in [0.5, 0.6) is 0 Å². The SMILES string of the molecule is CC(C)(C)C(=O)Nc1ccc(Cl)cc1.Nc1ccc(Cl)cc1. The number of nitrogens with one attached hydrogen (secondary N) is 1. The normalized spacial score (nSPS) is 10.4. The second-order valence-electron chi connectivity index (χ2n) is 5.76. The molecular formula is C17H20Cl2N2O. The van der Waals surface area contributed by atoms with Crippen LogP contribution in [-0.4, -0.2) is 5.91 Å². The first-order chi connectivity index (χ1) is 10.2. The maximum atomic E-state index is 11.6. The molecule has 0 fully saturated rings. The summed E-state index contributed by atoms with van der Waals surface area (Å²) in [6.07, 6.45) is 0. The van der Waals surface area contributed by atoms with Gasteiger partial charge in [0.1, 0.15) is 0 Å². The maximum absolute atomic E-state index is 11.6. The van der Waals surface area contributed by atoms with Gasteiger partial charge in [0.2, 0.25) is 5.91 Å². The van der Waals surface area contributed by atoms with Gasteiger partial charge in [-0.1, -0.05) is 44.0 Å². The zero-order chi connectivity index (χ0) is 16.8. The van der Waals surface area contributed by atoms with E-state index in [1.807, 2.05) is 20.8 Å². The van der Waals surface area contributed by atoms with Crippen molar-refractivity contribution in [3.05, 3.63) is 58.6 Å². The Hall–Kier alpha value is -1.71. The molecule has 2 rings (SSSR count). The Morgan fingerprint density at radius 2 is 1.32 bits per heavy atom. The number of benzene rings is 2. The molecule has 5 heteroatoms. The van der Waals surface area contributed by atoms with E-state index in [2.05, 4.69) is 5.32 Å². The molecule has 3 nitrogen and oxygen atoms in total. The first-order valence-corrected chi connectivity index (χ1v) is 7.52. The van der Waals surface area contributed by atoms with Gasteiger partial charge >= 0.3 is 0 Å². The molecule has 2 aromatic carbocycles. The zero-order valence-corrected chi connectivity index (χ0v) is 14.4. The smallest absolute Gasteiger partial charge is 0.229 e. The number of anilines is 2. The summed E-state index contributed by atoms with van der Waals surface area (Å²) in [5.74, 6) is -0.000164. The average Bonchev–Trinajstić information content (AvgIpc) is 2.44. The van der Waals surface area contributed by atoms with Gasteiger partial charge in [-0.3, -0.25) is 4.79 Å². The minimum atomic E-state index is -0.375. The fraction of sp³-hybridized carbons (Fsp3) is 0.235. The van der Waals surface area contributed by atoms with Crippen molar-refractivity contribution in [1.29, 1.82) is 0 Å². The lowest BCUT2D eigenvalue weighted by Gasteiger charge is -2.17. The van der Waals surface area contributed by atoms with Gasteiger partial charge in [0.05, 0.1) is 0 Å². The number of rotatable bonds is 1. The topological polar surface area (TPSA) is 55.1 Å². The van der Waals surface area contributed by atoms with E-state index in [1.165, 1.54) is 0 Å². The van der Waals surface area contributed by atoms with Gasteiger partial charge < -0.3 is 11.1 Å². The van der Waals surface area contributed by atoms with E-state index in [-0.39, 0.29) is 11.3 Å². The van der Waals surface area contributed by atoms with Gasteiger partial charge in [-0.25, -0.2) is 0 Å². The van der Waals surface area contributed by atoms with Crippen molar-refractivity contribution in [2.45, 2.75) is 20.8 Å². The number of nitrogen functional groups attached to an aromatic ring is 1. The molecule has 0 saturated heterocycles. The van der Waals surface area contributed by atoms with Crippen LogP contribution in [0.2, 0.25) is 10.0 Å². The van der Waals surface area contributed by atoms with E-state index < -0.39 is 0 Å². The van der Waals surface area contributed by atoms with Gasteiger partial charge in [-0.05, 0) is 48.5 Å². The van der Waals surface area contributed by atoms with Crippen LogP contribution in [0.15, 0.2) is 48.5 Å². The Bertz CT molecular complexity index is 581. The van der Waals surface area contributed by atoms with Crippen LogP contribution >= 0.6 is 23.2 Å².